The second kappa shape index (κ2) is 6.33. The molecule has 96 valence electrons. The zero-order valence-electron chi connectivity index (χ0n) is 10.7. The molecule has 0 amide bonds. The lowest BCUT2D eigenvalue weighted by molar-refractivity contribution is 0.327. The van der Waals surface area contributed by atoms with Crippen molar-refractivity contribution < 1.29 is 4.42 Å². The monoisotopic (exact) mass is 245 g/mol. The van der Waals surface area contributed by atoms with Crippen molar-refractivity contribution in [3.05, 3.63) is 53.7 Å². The summed E-state index contributed by atoms with van der Waals surface area (Å²) in [5, 5.41) is 0. The van der Waals surface area contributed by atoms with E-state index in [9.17, 15) is 0 Å². The summed E-state index contributed by atoms with van der Waals surface area (Å²) in [4.78, 5) is 6.28. The molecule has 0 aliphatic carbocycles. The van der Waals surface area contributed by atoms with Gasteiger partial charge in [-0.05, 0) is 37.2 Å². The van der Waals surface area contributed by atoms with E-state index in [0.29, 0.717) is 6.54 Å². The number of hydrogen-bond donors (Lipinski definition) is 1. The summed E-state index contributed by atoms with van der Waals surface area (Å²) in [6, 6.07) is 6.10. The molecule has 0 saturated heterocycles. The van der Waals surface area contributed by atoms with E-state index in [4.69, 9.17) is 10.2 Å². The summed E-state index contributed by atoms with van der Waals surface area (Å²) < 4.78 is 5.32. The number of pyridine rings is 1. The highest BCUT2D eigenvalue weighted by Gasteiger charge is 2.07. The highest BCUT2D eigenvalue weighted by Crippen LogP contribution is 2.12. The number of nitrogens with zero attached hydrogens (tertiary/aromatic N) is 2. The first-order valence-electron chi connectivity index (χ1n) is 6.12. The Morgan fingerprint density at radius 2 is 2.06 bits per heavy atom. The number of furan rings is 1. The fourth-order valence-electron chi connectivity index (χ4n) is 1.93. The normalized spacial score (nSPS) is 11.1. The van der Waals surface area contributed by atoms with Crippen molar-refractivity contribution in [3.63, 3.8) is 0 Å². The van der Waals surface area contributed by atoms with E-state index >= 15 is 0 Å². The Morgan fingerprint density at radius 3 is 2.78 bits per heavy atom. The molecule has 0 aliphatic heterocycles. The van der Waals surface area contributed by atoms with Crippen molar-refractivity contribution in [2.45, 2.75) is 19.5 Å². The standard InChI is InChI=1S/C14H19N3O/c1-17(8-4-12-2-6-16-7-3-12)11-13-5-9-18-14(13)10-15/h2-3,5-7,9H,4,8,10-11,15H2,1H3. The van der Waals surface area contributed by atoms with Crippen LogP contribution in [0, 0.1) is 0 Å². The molecule has 0 aromatic carbocycles. The van der Waals surface area contributed by atoms with Gasteiger partial charge in [0.2, 0.25) is 0 Å². The quantitative estimate of drug-likeness (QED) is 0.843. The van der Waals surface area contributed by atoms with Crippen LogP contribution in [0.2, 0.25) is 0 Å². The molecule has 2 aromatic rings. The van der Waals surface area contributed by atoms with E-state index < -0.39 is 0 Å². The predicted octanol–water partition coefficient (Wildman–Crippen LogP) is 1.81. The largest absolute Gasteiger partial charge is 0.468 e. The topological polar surface area (TPSA) is 55.3 Å². The molecular formula is C14H19N3O. The second-order valence-electron chi connectivity index (χ2n) is 4.42. The second-order valence-corrected chi connectivity index (χ2v) is 4.42. The lowest BCUT2D eigenvalue weighted by Gasteiger charge is -2.16. The van der Waals surface area contributed by atoms with Gasteiger partial charge < -0.3 is 15.1 Å². The van der Waals surface area contributed by atoms with Gasteiger partial charge in [-0.1, -0.05) is 0 Å². The van der Waals surface area contributed by atoms with Crippen LogP contribution >= 0.6 is 0 Å². The van der Waals surface area contributed by atoms with Crippen molar-refractivity contribution in [2.75, 3.05) is 13.6 Å². The summed E-state index contributed by atoms with van der Waals surface area (Å²) in [7, 11) is 2.11. The Bertz CT molecular complexity index is 467. The summed E-state index contributed by atoms with van der Waals surface area (Å²) in [6.07, 6.45) is 6.39. The van der Waals surface area contributed by atoms with E-state index in [1.54, 1.807) is 6.26 Å². The molecule has 0 fully saturated rings. The molecule has 0 unspecified atom stereocenters. The molecular weight excluding hydrogens is 226 g/mol. The molecule has 2 heterocycles. The van der Waals surface area contributed by atoms with E-state index in [1.165, 1.54) is 11.1 Å². The van der Waals surface area contributed by atoms with Gasteiger partial charge in [-0.2, -0.15) is 0 Å². The highest BCUT2D eigenvalue weighted by atomic mass is 16.3. The minimum absolute atomic E-state index is 0.459. The lowest BCUT2D eigenvalue weighted by atomic mass is 10.2. The van der Waals surface area contributed by atoms with Crippen molar-refractivity contribution in [1.29, 1.82) is 0 Å². The van der Waals surface area contributed by atoms with Gasteiger partial charge in [-0.25, -0.2) is 0 Å². The van der Waals surface area contributed by atoms with Crippen LogP contribution in [0.25, 0.3) is 0 Å². The number of likely N-dealkylation sites (N-methyl/N-ethyl adjacent to an activating group) is 1. The first-order valence-corrected chi connectivity index (χ1v) is 6.12. The summed E-state index contributed by atoms with van der Waals surface area (Å²) in [6.45, 7) is 2.33. The number of aromatic nitrogens is 1. The minimum atomic E-state index is 0.459. The van der Waals surface area contributed by atoms with Crippen molar-refractivity contribution in [3.8, 4) is 0 Å². The number of hydrogen-bond acceptors (Lipinski definition) is 4. The van der Waals surface area contributed by atoms with Crippen LogP contribution in [0.3, 0.4) is 0 Å². The molecule has 0 atom stereocenters. The molecule has 2 rings (SSSR count). The fourth-order valence-corrected chi connectivity index (χ4v) is 1.93. The van der Waals surface area contributed by atoms with Crippen molar-refractivity contribution >= 4 is 0 Å². The Balaban J connectivity index is 1.84. The third-order valence-corrected chi connectivity index (χ3v) is 2.99. The molecule has 4 nitrogen and oxygen atoms in total. The molecule has 0 bridgehead atoms. The molecule has 18 heavy (non-hydrogen) atoms. The maximum absolute atomic E-state index is 5.62. The molecule has 0 aliphatic rings. The van der Waals surface area contributed by atoms with Crippen LogP contribution in [0.15, 0.2) is 41.3 Å². The van der Waals surface area contributed by atoms with Gasteiger partial charge >= 0.3 is 0 Å². The number of rotatable bonds is 6. The SMILES string of the molecule is CN(CCc1ccncc1)Cc1ccoc1CN. The van der Waals surface area contributed by atoms with Crippen LogP contribution in [0.5, 0.6) is 0 Å². The zero-order chi connectivity index (χ0) is 12.8. The number of nitrogens with two attached hydrogens (primary N) is 1. The van der Waals surface area contributed by atoms with Crippen molar-refractivity contribution in [2.24, 2.45) is 5.73 Å². The third-order valence-electron chi connectivity index (χ3n) is 2.99. The summed E-state index contributed by atoms with van der Waals surface area (Å²) in [5.74, 6) is 0.880. The smallest absolute Gasteiger partial charge is 0.121 e. The summed E-state index contributed by atoms with van der Waals surface area (Å²) >= 11 is 0. The minimum Gasteiger partial charge on any atom is -0.468 e. The lowest BCUT2D eigenvalue weighted by Crippen LogP contribution is -2.21. The first-order chi connectivity index (χ1) is 8.79. The predicted molar refractivity (Wildman–Crippen MR) is 70.9 cm³/mol. The van der Waals surface area contributed by atoms with E-state index in [2.05, 4.69) is 29.1 Å². The van der Waals surface area contributed by atoms with Crippen LogP contribution in [-0.4, -0.2) is 23.5 Å². The Kier molecular flexibility index (Phi) is 4.50. The Labute approximate surface area is 107 Å². The van der Waals surface area contributed by atoms with Gasteiger partial charge in [0.05, 0.1) is 12.8 Å². The Morgan fingerprint density at radius 1 is 1.28 bits per heavy atom. The van der Waals surface area contributed by atoms with Gasteiger partial charge in [-0.15, -0.1) is 0 Å². The van der Waals surface area contributed by atoms with Crippen LogP contribution < -0.4 is 5.73 Å². The third kappa shape index (κ3) is 3.42. The van der Waals surface area contributed by atoms with Gasteiger partial charge in [0.15, 0.2) is 0 Å². The highest BCUT2D eigenvalue weighted by molar-refractivity contribution is 5.16. The molecule has 0 saturated carbocycles. The first kappa shape index (κ1) is 12.8. The molecule has 2 N–H and O–H groups in total. The van der Waals surface area contributed by atoms with E-state index in [0.717, 1.165) is 25.3 Å². The molecule has 2 aromatic heterocycles. The maximum atomic E-state index is 5.62. The van der Waals surface area contributed by atoms with Gasteiger partial charge in [0.1, 0.15) is 5.76 Å². The van der Waals surface area contributed by atoms with E-state index in [-0.39, 0.29) is 0 Å². The van der Waals surface area contributed by atoms with Crippen LogP contribution in [0.4, 0.5) is 0 Å². The van der Waals surface area contributed by atoms with Crippen molar-refractivity contribution in [1.82, 2.24) is 9.88 Å². The summed E-state index contributed by atoms with van der Waals surface area (Å²) in [5.41, 5.74) is 8.10. The van der Waals surface area contributed by atoms with Gasteiger partial charge in [0.25, 0.3) is 0 Å². The zero-order valence-corrected chi connectivity index (χ0v) is 10.7. The molecule has 4 heteroatoms. The van der Waals surface area contributed by atoms with Crippen LogP contribution in [-0.2, 0) is 19.5 Å². The fraction of sp³-hybridized carbons (Fsp3) is 0.357. The van der Waals surface area contributed by atoms with Gasteiger partial charge in [0, 0.05) is 31.0 Å². The molecule has 0 radical (unpaired) electrons. The van der Waals surface area contributed by atoms with Crippen LogP contribution in [0.1, 0.15) is 16.9 Å². The van der Waals surface area contributed by atoms with E-state index in [1.807, 2.05) is 18.5 Å². The van der Waals surface area contributed by atoms with Gasteiger partial charge in [-0.3, -0.25) is 4.98 Å². The Hall–Kier alpha value is -1.65. The maximum Gasteiger partial charge on any atom is 0.121 e. The average molecular weight is 245 g/mol. The average Bonchev–Trinajstić information content (AvgIpc) is 2.85. The molecule has 0 spiro atoms.